The molecule has 72 valence electrons. The van der Waals surface area contributed by atoms with E-state index < -0.39 is 5.60 Å². The molecular formula is C11H11NO2. The number of aryl methyl sites for hydroxylation is 1. The highest BCUT2D eigenvalue weighted by Crippen LogP contribution is 2.45. The summed E-state index contributed by atoms with van der Waals surface area (Å²) in [6, 6.07) is 5.81. The van der Waals surface area contributed by atoms with Crippen LogP contribution in [0, 0.1) is 6.92 Å². The lowest BCUT2D eigenvalue weighted by atomic mass is 10.1. The standard InChI is InChI=1S/C11H11NO2/c1-7-9-3-2-8(11(13)4-5-11)6-10(9)14-12-7/h2-3,6,13H,4-5H2,1H3. The second kappa shape index (κ2) is 2.36. The van der Waals surface area contributed by atoms with Crippen LogP contribution < -0.4 is 0 Å². The molecule has 0 unspecified atom stereocenters. The second-order valence-electron chi connectivity index (χ2n) is 4.01. The van der Waals surface area contributed by atoms with Crippen LogP contribution in [0.2, 0.25) is 0 Å². The van der Waals surface area contributed by atoms with Gasteiger partial charge in [-0.3, -0.25) is 0 Å². The molecule has 1 aromatic carbocycles. The normalized spacial score (nSPS) is 18.7. The predicted molar refractivity (Wildman–Crippen MR) is 51.9 cm³/mol. The number of nitrogens with zero attached hydrogens (tertiary/aromatic N) is 1. The van der Waals surface area contributed by atoms with Crippen LogP contribution in [0.1, 0.15) is 24.1 Å². The van der Waals surface area contributed by atoms with E-state index in [1.807, 2.05) is 25.1 Å². The molecule has 0 radical (unpaired) electrons. The highest BCUT2D eigenvalue weighted by molar-refractivity contribution is 5.80. The summed E-state index contributed by atoms with van der Waals surface area (Å²) in [5.74, 6) is 0. The smallest absolute Gasteiger partial charge is 0.167 e. The summed E-state index contributed by atoms with van der Waals surface area (Å²) in [6.45, 7) is 1.91. The van der Waals surface area contributed by atoms with Crippen molar-refractivity contribution in [3.63, 3.8) is 0 Å². The van der Waals surface area contributed by atoms with Gasteiger partial charge in [-0.05, 0) is 37.5 Å². The average molecular weight is 189 g/mol. The number of aliphatic hydroxyl groups is 1. The highest BCUT2D eigenvalue weighted by Gasteiger charge is 2.42. The van der Waals surface area contributed by atoms with Crippen LogP contribution >= 0.6 is 0 Å². The molecule has 0 aliphatic heterocycles. The van der Waals surface area contributed by atoms with Crippen molar-refractivity contribution in [3.8, 4) is 0 Å². The first-order valence-electron chi connectivity index (χ1n) is 4.78. The van der Waals surface area contributed by atoms with E-state index in [2.05, 4.69) is 5.16 Å². The van der Waals surface area contributed by atoms with Gasteiger partial charge in [-0.2, -0.15) is 0 Å². The van der Waals surface area contributed by atoms with Gasteiger partial charge in [0.2, 0.25) is 0 Å². The largest absolute Gasteiger partial charge is 0.385 e. The van der Waals surface area contributed by atoms with Crippen molar-refractivity contribution in [1.82, 2.24) is 5.16 Å². The topological polar surface area (TPSA) is 46.3 Å². The lowest BCUT2D eigenvalue weighted by Crippen LogP contribution is -2.03. The summed E-state index contributed by atoms with van der Waals surface area (Å²) in [5, 5.41) is 14.8. The molecule has 1 heterocycles. The first kappa shape index (κ1) is 8.00. The van der Waals surface area contributed by atoms with Crippen molar-refractivity contribution in [1.29, 1.82) is 0 Å². The van der Waals surface area contributed by atoms with Crippen molar-refractivity contribution in [3.05, 3.63) is 29.5 Å². The van der Waals surface area contributed by atoms with Crippen molar-refractivity contribution in [2.75, 3.05) is 0 Å². The molecule has 1 N–H and O–H groups in total. The summed E-state index contributed by atoms with van der Waals surface area (Å²) < 4.78 is 5.15. The van der Waals surface area contributed by atoms with E-state index in [1.54, 1.807) is 0 Å². The molecule has 1 aliphatic rings. The van der Waals surface area contributed by atoms with Gasteiger partial charge in [0.15, 0.2) is 5.58 Å². The molecule has 3 rings (SSSR count). The van der Waals surface area contributed by atoms with E-state index in [-0.39, 0.29) is 0 Å². The Balaban J connectivity index is 2.21. The maximum absolute atomic E-state index is 9.90. The third-order valence-electron chi connectivity index (χ3n) is 2.91. The fraction of sp³-hybridized carbons (Fsp3) is 0.364. The summed E-state index contributed by atoms with van der Waals surface area (Å²) in [5.41, 5.74) is 2.02. The Morgan fingerprint density at radius 2 is 2.21 bits per heavy atom. The minimum absolute atomic E-state index is 0.588. The monoisotopic (exact) mass is 189 g/mol. The summed E-state index contributed by atoms with van der Waals surface area (Å²) in [4.78, 5) is 0. The molecule has 3 heteroatoms. The Hall–Kier alpha value is -1.35. The van der Waals surface area contributed by atoms with Gasteiger partial charge in [0, 0.05) is 5.39 Å². The quantitative estimate of drug-likeness (QED) is 0.747. The Labute approximate surface area is 81.3 Å². The molecular weight excluding hydrogens is 178 g/mol. The molecule has 0 saturated heterocycles. The van der Waals surface area contributed by atoms with Crippen molar-refractivity contribution in [2.24, 2.45) is 0 Å². The molecule has 1 fully saturated rings. The van der Waals surface area contributed by atoms with Crippen LogP contribution in [0.3, 0.4) is 0 Å². The minimum atomic E-state index is -0.588. The van der Waals surface area contributed by atoms with E-state index in [9.17, 15) is 5.11 Å². The van der Waals surface area contributed by atoms with E-state index in [4.69, 9.17) is 4.52 Å². The minimum Gasteiger partial charge on any atom is -0.385 e. The predicted octanol–water partition coefficient (Wildman–Crippen LogP) is 2.12. The van der Waals surface area contributed by atoms with E-state index in [1.165, 1.54) is 0 Å². The third-order valence-corrected chi connectivity index (χ3v) is 2.91. The highest BCUT2D eigenvalue weighted by atomic mass is 16.5. The number of benzene rings is 1. The van der Waals surface area contributed by atoms with Gasteiger partial charge < -0.3 is 9.63 Å². The third kappa shape index (κ3) is 0.990. The van der Waals surface area contributed by atoms with Gasteiger partial charge in [0.25, 0.3) is 0 Å². The maximum atomic E-state index is 9.90. The Bertz CT molecular complexity index is 497. The fourth-order valence-electron chi connectivity index (χ4n) is 1.76. The Morgan fingerprint density at radius 1 is 1.43 bits per heavy atom. The zero-order chi connectivity index (χ0) is 9.76. The lowest BCUT2D eigenvalue weighted by Gasteiger charge is -2.06. The SMILES string of the molecule is Cc1noc2cc(C3(O)CC3)ccc12. The molecule has 1 saturated carbocycles. The number of aromatic nitrogens is 1. The van der Waals surface area contributed by atoms with Crippen molar-refractivity contribution >= 4 is 11.0 Å². The van der Waals surface area contributed by atoms with Crippen LogP contribution in [0.4, 0.5) is 0 Å². The van der Waals surface area contributed by atoms with Crippen LogP contribution in [-0.2, 0) is 5.60 Å². The molecule has 0 amide bonds. The zero-order valence-electron chi connectivity index (χ0n) is 7.95. The van der Waals surface area contributed by atoms with Gasteiger partial charge in [-0.25, -0.2) is 0 Å². The van der Waals surface area contributed by atoms with Crippen molar-refractivity contribution < 1.29 is 9.63 Å². The van der Waals surface area contributed by atoms with Gasteiger partial charge >= 0.3 is 0 Å². The molecule has 14 heavy (non-hydrogen) atoms. The molecule has 1 aromatic heterocycles. The average Bonchev–Trinajstić information content (AvgIpc) is 2.84. The Morgan fingerprint density at radius 3 is 2.93 bits per heavy atom. The summed E-state index contributed by atoms with van der Waals surface area (Å²) >= 11 is 0. The fourth-order valence-corrected chi connectivity index (χ4v) is 1.76. The maximum Gasteiger partial charge on any atom is 0.167 e. The number of hydrogen-bond donors (Lipinski definition) is 1. The molecule has 0 atom stereocenters. The zero-order valence-corrected chi connectivity index (χ0v) is 7.95. The number of hydrogen-bond acceptors (Lipinski definition) is 3. The van der Waals surface area contributed by atoms with Crippen LogP contribution in [0.25, 0.3) is 11.0 Å². The molecule has 0 bridgehead atoms. The van der Waals surface area contributed by atoms with E-state index in [0.29, 0.717) is 0 Å². The second-order valence-corrected chi connectivity index (χ2v) is 4.01. The van der Waals surface area contributed by atoms with Crippen LogP contribution in [-0.4, -0.2) is 10.3 Å². The first-order valence-corrected chi connectivity index (χ1v) is 4.78. The number of rotatable bonds is 1. The molecule has 2 aromatic rings. The van der Waals surface area contributed by atoms with E-state index >= 15 is 0 Å². The molecule has 0 spiro atoms. The van der Waals surface area contributed by atoms with Gasteiger partial charge in [-0.15, -0.1) is 0 Å². The summed E-state index contributed by atoms with van der Waals surface area (Å²) in [6.07, 6.45) is 1.71. The van der Waals surface area contributed by atoms with Gasteiger partial charge in [0.05, 0.1) is 11.3 Å². The van der Waals surface area contributed by atoms with Gasteiger partial charge in [0.1, 0.15) is 0 Å². The number of fused-ring (bicyclic) bond motifs is 1. The van der Waals surface area contributed by atoms with E-state index in [0.717, 1.165) is 35.1 Å². The van der Waals surface area contributed by atoms with Crippen LogP contribution in [0.15, 0.2) is 22.7 Å². The molecule has 1 aliphatic carbocycles. The lowest BCUT2D eigenvalue weighted by molar-refractivity contribution is 0.151. The Kier molecular flexibility index (Phi) is 1.35. The summed E-state index contributed by atoms with van der Waals surface area (Å²) in [7, 11) is 0. The van der Waals surface area contributed by atoms with Crippen molar-refractivity contribution in [2.45, 2.75) is 25.4 Å². The first-order chi connectivity index (χ1) is 6.69. The molecule has 3 nitrogen and oxygen atoms in total. The van der Waals surface area contributed by atoms with Crippen LogP contribution in [0.5, 0.6) is 0 Å². The van der Waals surface area contributed by atoms with Gasteiger partial charge in [-0.1, -0.05) is 11.2 Å².